The third-order valence-electron chi connectivity index (χ3n) is 2.59. The summed E-state index contributed by atoms with van der Waals surface area (Å²) in [5.74, 6) is -1.56. The van der Waals surface area contributed by atoms with Gasteiger partial charge in [-0.25, -0.2) is 0 Å². The van der Waals surface area contributed by atoms with Crippen molar-refractivity contribution in [2.45, 2.75) is 13.2 Å². The zero-order valence-electron chi connectivity index (χ0n) is 11.5. The standard InChI is InChI=1S/C13H17ClN2O4/c1-8-4-5-9(6-10(8)14)16-13(18)12(17)15-7-11(19-2)20-3/h4-6,11H,7H2,1-3H3,(H,15,17)(H,16,18). The molecule has 0 atom stereocenters. The fourth-order valence-corrected chi connectivity index (χ4v) is 1.56. The van der Waals surface area contributed by atoms with Gasteiger partial charge in [0.1, 0.15) is 0 Å². The highest BCUT2D eigenvalue weighted by molar-refractivity contribution is 6.39. The molecule has 110 valence electrons. The maximum absolute atomic E-state index is 11.6. The summed E-state index contributed by atoms with van der Waals surface area (Å²) in [4.78, 5) is 23.2. The first kappa shape index (κ1) is 16.4. The predicted octanol–water partition coefficient (Wildman–Crippen LogP) is 1.32. The van der Waals surface area contributed by atoms with E-state index >= 15 is 0 Å². The highest BCUT2D eigenvalue weighted by Gasteiger charge is 2.15. The van der Waals surface area contributed by atoms with Crippen LogP contribution in [0.2, 0.25) is 5.02 Å². The Morgan fingerprint density at radius 1 is 1.25 bits per heavy atom. The van der Waals surface area contributed by atoms with Crippen molar-refractivity contribution in [2.75, 3.05) is 26.1 Å². The maximum Gasteiger partial charge on any atom is 0.313 e. The van der Waals surface area contributed by atoms with Crippen LogP contribution in [0, 0.1) is 6.92 Å². The molecule has 0 spiro atoms. The molecule has 1 aromatic rings. The van der Waals surface area contributed by atoms with Crippen molar-refractivity contribution in [3.63, 3.8) is 0 Å². The smallest absolute Gasteiger partial charge is 0.313 e. The molecule has 6 nitrogen and oxygen atoms in total. The summed E-state index contributed by atoms with van der Waals surface area (Å²) < 4.78 is 9.78. The van der Waals surface area contributed by atoms with Crippen LogP contribution >= 0.6 is 11.6 Å². The molecule has 0 saturated heterocycles. The van der Waals surface area contributed by atoms with Crippen molar-refractivity contribution in [1.82, 2.24) is 5.32 Å². The average Bonchev–Trinajstić information content (AvgIpc) is 2.43. The largest absolute Gasteiger partial charge is 0.354 e. The lowest BCUT2D eigenvalue weighted by molar-refractivity contribution is -0.139. The number of anilines is 1. The van der Waals surface area contributed by atoms with Crippen LogP contribution in [0.15, 0.2) is 18.2 Å². The highest BCUT2D eigenvalue weighted by Crippen LogP contribution is 2.19. The van der Waals surface area contributed by atoms with Crippen LogP contribution in [-0.2, 0) is 19.1 Å². The van der Waals surface area contributed by atoms with Gasteiger partial charge in [-0.1, -0.05) is 17.7 Å². The molecule has 1 aromatic carbocycles. The molecule has 1 rings (SSSR count). The Morgan fingerprint density at radius 2 is 1.90 bits per heavy atom. The molecule has 0 aromatic heterocycles. The lowest BCUT2D eigenvalue weighted by atomic mass is 10.2. The second kappa shape index (κ2) is 7.84. The first-order chi connectivity index (χ1) is 9.47. The number of methoxy groups -OCH3 is 2. The first-order valence-corrected chi connectivity index (χ1v) is 6.26. The van der Waals surface area contributed by atoms with E-state index in [0.29, 0.717) is 10.7 Å². The zero-order chi connectivity index (χ0) is 15.1. The second-order valence-electron chi connectivity index (χ2n) is 4.03. The minimum absolute atomic E-state index is 0.0773. The molecule has 0 saturated carbocycles. The topological polar surface area (TPSA) is 76.7 Å². The molecule has 0 heterocycles. The third kappa shape index (κ3) is 4.80. The van der Waals surface area contributed by atoms with Crippen molar-refractivity contribution in [3.8, 4) is 0 Å². The van der Waals surface area contributed by atoms with Crippen molar-refractivity contribution < 1.29 is 19.1 Å². The third-order valence-corrected chi connectivity index (χ3v) is 3.00. The molecular formula is C13H17ClN2O4. The van der Waals surface area contributed by atoms with Gasteiger partial charge in [-0.15, -0.1) is 0 Å². The number of carbonyl (C=O) groups is 2. The summed E-state index contributed by atoms with van der Waals surface area (Å²) in [7, 11) is 2.88. The van der Waals surface area contributed by atoms with Gasteiger partial charge < -0.3 is 20.1 Å². The number of hydrogen-bond donors (Lipinski definition) is 2. The van der Waals surface area contributed by atoms with Gasteiger partial charge in [-0.2, -0.15) is 0 Å². The van der Waals surface area contributed by atoms with E-state index in [1.165, 1.54) is 14.2 Å². The SMILES string of the molecule is COC(CNC(=O)C(=O)Nc1ccc(C)c(Cl)c1)OC. The van der Waals surface area contributed by atoms with E-state index in [1.54, 1.807) is 18.2 Å². The van der Waals surface area contributed by atoms with Crippen molar-refractivity contribution in [2.24, 2.45) is 0 Å². The Hall–Kier alpha value is -1.63. The molecule has 2 N–H and O–H groups in total. The van der Waals surface area contributed by atoms with Gasteiger partial charge in [0.2, 0.25) is 0 Å². The Kier molecular flexibility index (Phi) is 6.44. The summed E-state index contributed by atoms with van der Waals surface area (Å²) in [5.41, 5.74) is 1.34. The minimum atomic E-state index is -0.782. The van der Waals surface area contributed by atoms with Gasteiger partial charge in [-0.3, -0.25) is 9.59 Å². The number of rotatable bonds is 5. The Balaban J connectivity index is 2.53. The number of carbonyl (C=O) groups excluding carboxylic acids is 2. The fraction of sp³-hybridized carbons (Fsp3) is 0.385. The molecular weight excluding hydrogens is 284 g/mol. The average molecular weight is 301 g/mol. The molecule has 2 amide bonds. The van der Waals surface area contributed by atoms with E-state index in [-0.39, 0.29) is 6.54 Å². The number of benzene rings is 1. The molecule has 0 fully saturated rings. The maximum atomic E-state index is 11.6. The second-order valence-corrected chi connectivity index (χ2v) is 4.44. The molecule has 20 heavy (non-hydrogen) atoms. The van der Waals surface area contributed by atoms with E-state index in [4.69, 9.17) is 21.1 Å². The van der Waals surface area contributed by atoms with E-state index in [2.05, 4.69) is 10.6 Å². The molecule has 0 radical (unpaired) electrons. The van der Waals surface area contributed by atoms with E-state index < -0.39 is 18.1 Å². The van der Waals surface area contributed by atoms with Crippen LogP contribution in [0.25, 0.3) is 0 Å². The van der Waals surface area contributed by atoms with Crippen LogP contribution in [0.3, 0.4) is 0 Å². The van der Waals surface area contributed by atoms with Gasteiger partial charge in [0.05, 0.1) is 6.54 Å². The number of ether oxygens (including phenoxy) is 2. The summed E-state index contributed by atoms with van der Waals surface area (Å²) >= 11 is 5.93. The summed E-state index contributed by atoms with van der Waals surface area (Å²) in [5, 5.41) is 5.36. The summed E-state index contributed by atoms with van der Waals surface area (Å²) in [6, 6.07) is 5.00. The molecule has 0 aliphatic heterocycles. The van der Waals surface area contributed by atoms with Crippen LogP contribution in [0.1, 0.15) is 5.56 Å². The number of halogens is 1. The molecule has 0 aliphatic rings. The number of nitrogens with one attached hydrogen (secondary N) is 2. The Morgan fingerprint density at radius 3 is 2.45 bits per heavy atom. The normalized spacial score (nSPS) is 10.4. The summed E-state index contributed by atoms with van der Waals surface area (Å²) in [6.07, 6.45) is -0.597. The molecule has 7 heteroatoms. The van der Waals surface area contributed by atoms with Crippen LogP contribution in [-0.4, -0.2) is 38.9 Å². The van der Waals surface area contributed by atoms with Crippen molar-refractivity contribution in [3.05, 3.63) is 28.8 Å². The highest BCUT2D eigenvalue weighted by atomic mass is 35.5. The van der Waals surface area contributed by atoms with Gasteiger partial charge >= 0.3 is 11.8 Å². The van der Waals surface area contributed by atoms with Gasteiger partial charge in [0, 0.05) is 24.9 Å². The van der Waals surface area contributed by atoms with E-state index in [9.17, 15) is 9.59 Å². The van der Waals surface area contributed by atoms with Crippen LogP contribution < -0.4 is 10.6 Å². The Bertz CT molecular complexity index is 489. The van der Waals surface area contributed by atoms with Gasteiger partial charge in [0.15, 0.2) is 6.29 Å². The van der Waals surface area contributed by atoms with Crippen LogP contribution in [0.4, 0.5) is 5.69 Å². The van der Waals surface area contributed by atoms with Crippen LogP contribution in [0.5, 0.6) is 0 Å². The lowest BCUT2D eigenvalue weighted by Gasteiger charge is -2.13. The Labute approximate surface area is 122 Å². The number of amides is 2. The van der Waals surface area contributed by atoms with Crippen molar-refractivity contribution >= 4 is 29.1 Å². The lowest BCUT2D eigenvalue weighted by Crippen LogP contribution is -2.40. The quantitative estimate of drug-likeness (QED) is 0.635. The van der Waals surface area contributed by atoms with Gasteiger partial charge in [-0.05, 0) is 24.6 Å². The molecule has 0 unspecified atom stereocenters. The predicted molar refractivity (Wildman–Crippen MR) is 75.6 cm³/mol. The zero-order valence-corrected chi connectivity index (χ0v) is 12.3. The van der Waals surface area contributed by atoms with Gasteiger partial charge in [0.25, 0.3) is 0 Å². The molecule has 0 bridgehead atoms. The van der Waals surface area contributed by atoms with E-state index in [0.717, 1.165) is 5.56 Å². The van der Waals surface area contributed by atoms with E-state index in [1.807, 2.05) is 6.92 Å². The number of aryl methyl sites for hydroxylation is 1. The first-order valence-electron chi connectivity index (χ1n) is 5.88. The minimum Gasteiger partial charge on any atom is -0.354 e. The number of hydrogen-bond acceptors (Lipinski definition) is 4. The summed E-state index contributed by atoms with van der Waals surface area (Å²) in [6.45, 7) is 1.92. The molecule has 0 aliphatic carbocycles. The monoisotopic (exact) mass is 300 g/mol. The fourth-order valence-electron chi connectivity index (χ4n) is 1.38. The van der Waals surface area contributed by atoms with Crippen molar-refractivity contribution in [1.29, 1.82) is 0 Å².